The molecule has 0 unspecified atom stereocenters. The summed E-state index contributed by atoms with van der Waals surface area (Å²) in [5.74, 6) is 0.503. The van der Waals surface area contributed by atoms with Gasteiger partial charge in [0.15, 0.2) is 0 Å². The Morgan fingerprint density at radius 3 is 2.64 bits per heavy atom. The second kappa shape index (κ2) is 8.05. The molecule has 1 saturated carbocycles. The van der Waals surface area contributed by atoms with Gasteiger partial charge >= 0.3 is 0 Å². The number of nitrogens with zero attached hydrogens (tertiary/aromatic N) is 2. The monoisotopic (exact) mass is 377 g/mol. The molecule has 0 bridgehead atoms. The number of benzene rings is 1. The van der Waals surface area contributed by atoms with Gasteiger partial charge in [0.1, 0.15) is 11.5 Å². The molecule has 0 spiro atoms. The SMILES string of the molecule is C[C@@H](NC(=O)c1ccccn1)C1CCC(c2ccnc3ccc(F)cc23)CC1. The molecule has 4 rings (SSSR count). The molecule has 1 atom stereocenters. The van der Waals surface area contributed by atoms with Gasteiger partial charge in [-0.05, 0) is 86.4 Å². The van der Waals surface area contributed by atoms with Crippen LogP contribution in [-0.2, 0) is 0 Å². The van der Waals surface area contributed by atoms with Crippen molar-refractivity contribution in [1.29, 1.82) is 0 Å². The number of carbonyl (C=O) groups is 1. The molecule has 0 saturated heterocycles. The van der Waals surface area contributed by atoms with Gasteiger partial charge in [0.2, 0.25) is 0 Å². The lowest BCUT2D eigenvalue weighted by Crippen LogP contribution is -2.39. The first-order valence-corrected chi connectivity index (χ1v) is 9.88. The normalized spacial score (nSPS) is 20.6. The summed E-state index contributed by atoms with van der Waals surface area (Å²) < 4.78 is 13.7. The second-order valence-electron chi connectivity index (χ2n) is 7.65. The van der Waals surface area contributed by atoms with Crippen LogP contribution in [0.2, 0.25) is 0 Å². The van der Waals surface area contributed by atoms with Crippen molar-refractivity contribution >= 4 is 16.8 Å². The lowest BCUT2D eigenvalue weighted by molar-refractivity contribution is 0.0912. The van der Waals surface area contributed by atoms with E-state index in [1.807, 2.05) is 18.3 Å². The van der Waals surface area contributed by atoms with Crippen LogP contribution in [0.5, 0.6) is 0 Å². The Labute approximate surface area is 164 Å². The fraction of sp³-hybridized carbons (Fsp3) is 0.348. The highest BCUT2D eigenvalue weighted by Gasteiger charge is 2.28. The quantitative estimate of drug-likeness (QED) is 0.706. The number of aromatic nitrogens is 2. The molecule has 144 valence electrons. The fourth-order valence-electron chi connectivity index (χ4n) is 4.32. The third kappa shape index (κ3) is 3.88. The average molecular weight is 377 g/mol. The number of pyridine rings is 2. The zero-order chi connectivity index (χ0) is 19.5. The van der Waals surface area contributed by atoms with Crippen molar-refractivity contribution in [2.75, 3.05) is 0 Å². The van der Waals surface area contributed by atoms with E-state index in [2.05, 4.69) is 22.2 Å². The van der Waals surface area contributed by atoms with Gasteiger partial charge in [-0.3, -0.25) is 14.8 Å². The summed E-state index contributed by atoms with van der Waals surface area (Å²) in [6.45, 7) is 2.07. The van der Waals surface area contributed by atoms with Crippen LogP contribution in [0.1, 0.15) is 54.6 Å². The molecule has 0 aliphatic heterocycles. The van der Waals surface area contributed by atoms with E-state index < -0.39 is 0 Å². The van der Waals surface area contributed by atoms with Crippen LogP contribution < -0.4 is 5.32 Å². The van der Waals surface area contributed by atoms with Crippen LogP contribution in [0.25, 0.3) is 10.9 Å². The Balaban J connectivity index is 1.41. The molecule has 1 aliphatic rings. The second-order valence-corrected chi connectivity index (χ2v) is 7.65. The molecule has 28 heavy (non-hydrogen) atoms. The van der Waals surface area contributed by atoms with E-state index in [0.717, 1.165) is 36.6 Å². The lowest BCUT2D eigenvalue weighted by Gasteiger charge is -2.33. The lowest BCUT2D eigenvalue weighted by atomic mass is 9.75. The number of amides is 1. The molecule has 3 aromatic rings. The Morgan fingerprint density at radius 1 is 1.07 bits per heavy atom. The third-order valence-corrected chi connectivity index (χ3v) is 5.91. The highest BCUT2D eigenvalue weighted by molar-refractivity contribution is 5.92. The van der Waals surface area contributed by atoms with Gasteiger partial charge in [0.25, 0.3) is 5.91 Å². The van der Waals surface area contributed by atoms with E-state index in [-0.39, 0.29) is 17.8 Å². The predicted molar refractivity (Wildman–Crippen MR) is 108 cm³/mol. The molecule has 5 heteroatoms. The van der Waals surface area contributed by atoms with E-state index >= 15 is 0 Å². The van der Waals surface area contributed by atoms with Crippen LogP contribution in [0.15, 0.2) is 54.9 Å². The highest BCUT2D eigenvalue weighted by Crippen LogP contribution is 2.39. The van der Waals surface area contributed by atoms with Crippen LogP contribution in [0.3, 0.4) is 0 Å². The van der Waals surface area contributed by atoms with Crippen molar-refractivity contribution in [1.82, 2.24) is 15.3 Å². The van der Waals surface area contributed by atoms with Crippen molar-refractivity contribution in [2.45, 2.75) is 44.6 Å². The highest BCUT2D eigenvalue weighted by atomic mass is 19.1. The minimum atomic E-state index is -0.221. The van der Waals surface area contributed by atoms with Crippen molar-refractivity contribution in [3.8, 4) is 0 Å². The largest absolute Gasteiger partial charge is 0.348 e. The number of nitrogens with one attached hydrogen (secondary N) is 1. The summed E-state index contributed by atoms with van der Waals surface area (Å²) in [6, 6.07) is 12.3. The topological polar surface area (TPSA) is 54.9 Å². The van der Waals surface area contributed by atoms with Crippen LogP contribution >= 0.6 is 0 Å². The number of hydrogen-bond acceptors (Lipinski definition) is 3. The van der Waals surface area contributed by atoms with Crippen molar-refractivity contribution in [3.63, 3.8) is 0 Å². The Morgan fingerprint density at radius 2 is 1.89 bits per heavy atom. The molecule has 1 amide bonds. The molecule has 4 nitrogen and oxygen atoms in total. The summed E-state index contributed by atoms with van der Waals surface area (Å²) in [7, 11) is 0. The maximum absolute atomic E-state index is 13.7. The van der Waals surface area contributed by atoms with Crippen LogP contribution in [0.4, 0.5) is 4.39 Å². The van der Waals surface area contributed by atoms with Gasteiger partial charge in [0, 0.05) is 23.8 Å². The molecule has 2 heterocycles. The molecule has 0 radical (unpaired) electrons. The maximum Gasteiger partial charge on any atom is 0.270 e. The van der Waals surface area contributed by atoms with Gasteiger partial charge in [-0.1, -0.05) is 6.07 Å². The number of rotatable bonds is 4. The number of hydrogen-bond donors (Lipinski definition) is 1. The van der Waals surface area contributed by atoms with E-state index in [0.29, 0.717) is 17.5 Å². The van der Waals surface area contributed by atoms with E-state index in [1.54, 1.807) is 30.5 Å². The minimum absolute atomic E-state index is 0.0992. The summed E-state index contributed by atoms with van der Waals surface area (Å²) in [5, 5.41) is 4.02. The first-order chi connectivity index (χ1) is 13.6. The van der Waals surface area contributed by atoms with Crippen molar-refractivity contribution < 1.29 is 9.18 Å². The van der Waals surface area contributed by atoms with Crippen LogP contribution in [-0.4, -0.2) is 21.9 Å². The Hall–Kier alpha value is -2.82. The molecular formula is C23H24FN3O. The Kier molecular flexibility index (Phi) is 5.33. The van der Waals surface area contributed by atoms with E-state index in [1.165, 1.54) is 11.6 Å². The van der Waals surface area contributed by atoms with E-state index in [9.17, 15) is 9.18 Å². The summed E-state index contributed by atoms with van der Waals surface area (Å²) >= 11 is 0. The first-order valence-electron chi connectivity index (χ1n) is 9.88. The number of carbonyl (C=O) groups excluding carboxylic acids is 1. The molecular weight excluding hydrogens is 353 g/mol. The van der Waals surface area contributed by atoms with Gasteiger partial charge in [0.05, 0.1) is 5.52 Å². The zero-order valence-electron chi connectivity index (χ0n) is 15.9. The Bertz CT molecular complexity index is 968. The van der Waals surface area contributed by atoms with Crippen molar-refractivity contribution in [3.05, 3.63) is 71.9 Å². The summed E-state index contributed by atoms with van der Waals surface area (Å²) in [6.07, 6.45) is 7.58. The standard InChI is InChI=1S/C23H24FN3O/c1-15(27-23(28)22-4-2-3-12-25-22)16-5-7-17(8-6-16)19-11-13-26-21-10-9-18(24)14-20(19)21/h2-4,9-17H,5-8H2,1H3,(H,27,28)/t15-,16?,17?/m1/s1. The average Bonchev–Trinajstić information content (AvgIpc) is 2.74. The zero-order valence-corrected chi connectivity index (χ0v) is 15.9. The smallest absolute Gasteiger partial charge is 0.270 e. The van der Waals surface area contributed by atoms with E-state index in [4.69, 9.17) is 0 Å². The maximum atomic E-state index is 13.7. The summed E-state index contributed by atoms with van der Waals surface area (Å²) in [4.78, 5) is 20.8. The molecule has 1 aromatic carbocycles. The van der Waals surface area contributed by atoms with Crippen molar-refractivity contribution in [2.24, 2.45) is 5.92 Å². The van der Waals surface area contributed by atoms with Gasteiger partial charge in [-0.25, -0.2) is 4.39 Å². The molecule has 1 fully saturated rings. The number of halogens is 1. The van der Waals surface area contributed by atoms with Gasteiger partial charge in [-0.2, -0.15) is 0 Å². The number of fused-ring (bicyclic) bond motifs is 1. The third-order valence-electron chi connectivity index (χ3n) is 5.91. The molecule has 1 aliphatic carbocycles. The first kappa shape index (κ1) is 18.5. The molecule has 1 N–H and O–H groups in total. The van der Waals surface area contributed by atoms with Gasteiger partial charge in [-0.15, -0.1) is 0 Å². The van der Waals surface area contributed by atoms with Gasteiger partial charge < -0.3 is 5.32 Å². The molecule has 2 aromatic heterocycles. The predicted octanol–water partition coefficient (Wildman–Crippen LogP) is 4.86. The van der Waals surface area contributed by atoms with Crippen LogP contribution in [0, 0.1) is 11.7 Å². The summed E-state index contributed by atoms with van der Waals surface area (Å²) in [5.41, 5.74) is 2.48. The fourth-order valence-corrected chi connectivity index (χ4v) is 4.32. The minimum Gasteiger partial charge on any atom is -0.348 e.